The number of hydrogen-bond donors (Lipinski definition) is 3. The van der Waals surface area contributed by atoms with E-state index in [1.165, 1.54) is 14.1 Å². The zero-order valence-electron chi connectivity index (χ0n) is 7.06. The van der Waals surface area contributed by atoms with Gasteiger partial charge in [-0.05, 0) is 0 Å². The molecule has 0 aliphatic heterocycles. The third-order valence-electron chi connectivity index (χ3n) is 1.24. The Labute approximate surface area is 72.0 Å². The van der Waals surface area contributed by atoms with E-state index in [1.54, 1.807) is 0 Å². The standard InChI is InChI=1S/C5H14N2O4S/c1-7(2)12(10,11)6-5(3-8)4-9/h5-6,8-9H,3-4H2,1-2H3. The lowest BCUT2D eigenvalue weighted by molar-refractivity contribution is 0.183. The molecule has 3 N–H and O–H groups in total. The van der Waals surface area contributed by atoms with Crippen molar-refractivity contribution < 1.29 is 18.6 Å². The van der Waals surface area contributed by atoms with Gasteiger partial charge in [-0.3, -0.25) is 0 Å². The summed E-state index contributed by atoms with van der Waals surface area (Å²) in [5, 5.41) is 17.1. The van der Waals surface area contributed by atoms with Gasteiger partial charge in [0, 0.05) is 14.1 Å². The van der Waals surface area contributed by atoms with Crippen LogP contribution in [0.1, 0.15) is 0 Å². The first-order valence-corrected chi connectivity index (χ1v) is 4.79. The average Bonchev–Trinajstić information content (AvgIpc) is 2.00. The van der Waals surface area contributed by atoms with Crippen LogP contribution in [0.15, 0.2) is 0 Å². The van der Waals surface area contributed by atoms with E-state index in [0.717, 1.165) is 4.31 Å². The van der Waals surface area contributed by atoms with Crippen LogP contribution in [0, 0.1) is 0 Å². The van der Waals surface area contributed by atoms with E-state index in [4.69, 9.17) is 10.2 Å². The molecule has 0 saturated heterocycles. The van der Waals surface area contributed by atoms with Crippen LogP contribution in [0.25, 0.3) is 0 Å². The number of aliphatic hydroxyl groups is 2. The van der Waals surface area contributed by atoms with Crippen LogP contribution in [-0.4, -0.2) is 56.3 Å². The molecule has 0 aromatic carbocycles. The highest BCUT2D eigenvalue weighted by atomic mass is 32.2. The van der Waals surface area contributed by atoms with Gasteiger partial charge in [-0.2, -0.15) is 17.4 Å². The summed E-state index contributed by atoms with van der Waals surface area (Å²) < 4.78 is 25.2. The molecule has 6 nitrogen and oxygen atoms in total. The van der Waals surface area contributed by atoms with E-state index >= 15 is 0 Å². The molecule has 0 spiro atoms. The van der Waals surface area contributed by atoms with Crippen molar-refractivity contribution in [3.63, 3.8) is 0 Å². The fraction of sp³-hybridized carbons (Fsp3) is 1.00. The van der Waals surface area contributed by atoms with Crippen LogP contribution in [0.5, 0.6) is 0 Å². The second-order valence-electron chi connectivity index (χ2n) is 2.47. The highest BCUT2D eigenvalue weighted by Gasteiger charge is 2.18. The van der Waals surface area contributed by atoms with Crippen LogP contribution in [-0.2, 0) is 10.2 Å². The monoisotopic (exact) mass is 198 g/mol. The highest BCUT2D eigenvalue weighted by molar-refractivity contribution is 7.87. The number of nitrogens with one attached hydrogen (secondary N) is 1. The summed E-state index contributed by atoms with van der Waals surface area (Å²) in [4.78, 5) is 0. The largest absolute Gasteiger partial charge is 0.395 e. The summed E-state index contributed by atoms with van der Waals surface area (Å²) >= 11 is 0. The van der Waals surface area contributed by atoms with Crippen molar-refractivity contribution in [1.29, 1.82) is 0 Å². The second kappa shape index (κ2) is 4.73. The third kappa shape index (κ3) is 3.46. The maximum Gasteiger partial charge on any atom is 0.279 e. The first-order valence-electron chi connectivity index (χ1n) is 3.35. The minimum atomic E-state index is -3.56. The molecule has 7 heteroatoms. The molecule has 0 aromatic heterocycles. The molecule has 0 aliphatic rings. The van der Waals surface area contributed by atoms with E-state index in [9.17, 15) is 8.42 Å². The van der Waals surface area contributed by atoms with Gasteiger partial charge in [0.2, 0.25) is 0 Å². The summed E-state index contributed by atoms with van der Waals surface area (Å²) in [6, 6.07) is -0.836. The summed E-state index contributed by atoms with van der Waals surface area (Å²) in [5.74, 6) is 0. The number of nitrogens with zero attached hydrogens (tertiary/aromatic N) is 1. The van der Waals surface area contributed by atoms with Crippen LogP contribution >= 0.6 is 0 Å². The molecule has 0 saturated carbocycles. The van der Waals surface area contributed by atoms with E-state index in [1.807, 2.05) is 0 Å². The van der Waals surface area contributed by atoms with Crippen molar-refractivity contribution in [1.82, 2.24) is 9.03 Å². The fourth-order valence-electron chi connectivity index (χ4n) is 0.448. The van der Waals surface area contributed by atoms with Crippen LogP contribution in [0.4, 0.5) is 0 Å². The van der Waals surface area contributed by atoms with Crippen LogP contribution in [0.3, 0.4) is 0 Å². The Bertz CT molecular complexity index is 209. The van der Waals surface area contributed by atoms with Crippen molar-refractivity contribution in [2.45, 2.75) is 6.04 Å². The molecule has 0 fully saturated rings. The van der Waals surface area contributed by atoms with E-state index in [-0.39, 0.29) is 0 Å². The minimum absolute atomic E-state index is 0.427. The molecule has 0 heterocycles. The lowest BCUT2D eigenvalue weighted by Gasteiger charge is -2.17. The van der Waals surface area contributed by atoms with E-state index < -0.39 is 29.5 Å². The second-order valence-corrected chi connectivity index (χ2v) is 4.38. The Morgan fingerprint density at radius 2 is 1.75 bits per heavy atom. The maximum atomic E-state index is 11.1. The van der Waals surface area contributed by atoms with Crippen LogP contribution < -0.4 is 4.72 Å². The van der Waals surface area contributed by atoms with Gasteiger partial charge in [0.15, 0.2) is 0 Å². The molecule has 0 atom stereocenters. The van der Waals surface area contributed by atoms with Gasteiger partial charge >= 0.3 is 0 Å². The maximum absolute atomic E-state index is 11.1. The van der Waals surface area contributed by atoms with Crippen molar-refractivity contribution in [3.8, 4) is 0 Å². The van der Waals surface area contributed by atoms with E-state index in [2.05, 4.69) is 4.72 Å². The van der Waals surface area contributed by atoms with Crippen molar-refractivity contribution in [2.75, 3.05) is 27.3 Å². The van der Waals surface area contributed by atoms with Crippen molar-refractivity contribution in [2.24, 2.45) is 0 Å². The minimum Gasteiger partial charge on any atom is -0.395 e. The Kier molecular flexibility index (Phi) is 4.64. The lowest BCUT2D eigenvalue weighted by Crippen LogP contribution is -2.45. The molecule has 12 heavy (non-hydrogen) atoms. The summed E-state index contributed by atoms with van der Waals surface area (Å²) in [5.41, 5.74) is 0. The molecule has 74 valence electrons. The van der Waals surface area contributed by atoms with E-state index in [0.29, 0.717) is 0 Å². The predicted octanol–water partition coefficient (Wildman–Crippen LogP) is -2.26. The first kappa shape index (κ1) is 11.8. The number of rotatable bonds is 5. The quantitative estimate of drug-likeness (QED) is 0.465. The van der Waals surface area contributed by atoms with Gasteiger partial charge in [-0.1, -0.05) is 0 Å². The fourth-order valence-corrected chi connectivity index (χ4v) is 1.23. The summed E-state index contributed by atoms with van der Waals surface area (Å²) in [6.45, 7) is -0.854. The lowest BCUT2D eigenvalue weighted by atomic mass is 10.4. The van der Waals surface area contributed by atoms with Crippen LogP contribution in [0.2, 0.25) is 0 Å². The SMILES string of the molecule is CN(C)S(=O)(=O)NC(CO)CO. The van der Waals surface area contributed by atoms with Gasteiger partial charge in [0.1, 0.15) is 0 Å². The topological polar surface area (TPSA) is 89.9 Å². The Hall–Kier alpha value is -0.210. The zero-order chi connectivity index (χ0) is 9.78. The Balaban J connectivity index is 4.23. The Morgan fingerprint density at radius 1 is 1.33 bits per heavy atom. The van der Waals surface area contributed by atoms with Gasteiger partial charge < -0.3 is 10.2 Å². The molecule has 0 unspecified atom stereocenters. The molecule has 0 amide bonds. The van der Waals surface area contributed by atoms with Crippen molar-refractivity contribution in [3.05, 3.63) is 0 Å². The third-order valence-corrected chi connectivity index (χ3v) is 2.83. The molecular weight excluding hydrogens is 184 g/mol. The molecule has 0 aliphatic carbocycles. The smallest absolute Gasteiger partial charge is 0.279 e. The number of aliphatic hydroxyl groups excluding tert-OH is 2. The first-order chi connectivity index (χ1) is 5.44. The molecule has 0 rings (SSSR count). The zero-order valence-corrected chi connectivity index (χ0v) is 7.87. The number of hydrogen-bond acceptors (Lipinski definition) is 4. The molecule has 0 bridgehead atoms. The highest BCUT2D eigenvalue weighted by Crippen LogP contribution is 1.91. The molecule has 0 aromatic rings. The normalized spacial score (nSPS) is 12.8. The predicted molar refractivity (Wildman–Crippen MR) is 43.7 cm³/mol. The summed E-state index contributed by atoms with van der Waals surface area (Å²) in [6.07, 6.45) is 0. The summed E-state index contributed by atoms with van der Waals surface area (Å²) in [7, 11) is -0.848. The van der Waals surface area contributed by atoms with Crippen molar-refractivity contribution >= 4 is 10.2 Å². The van der Waals surface area contributed by atoms with Gasteiger partial charge in [-0.25, -0.2) is 0 Å². The van der Waals surface area contributed by atoms with Gasteiger partial charge in [-0.15, -0.1) is 0 Å². The Morgan fingerprint density at radius 3 is 2.00 bits per heavy atom. The molecule has 0 radical (unpaired) electrons. The van der Waals surface area contributed by atoms with Gasteiger partial charge in [0.25, 0.3) is 10.2 Å². The van der Waals surface area contributed by atoms with Gasteiger partial charge in [0.05, 0.1) is 19.3 Å². The average molecular weight is 198 g/mol. The molecular formula is C5H14N2O4S.